The number of aromatic nitrogens is 4. The van der Waals surface area contributed by atoms with Crippen molar-refractivity contribution in [2.45, 2.75) is 106 Å². The Labute approximate surface area is 287 Å². The zero-order valence-corrected chi connectivity index (χ0v) is 30.4. The average molecular weight is 645 g/mol. The molecule has 2 N–H and O–H groups in total. The van der Waals surface area contributed by atoms with Gasteiger partial charge in [-0.25, -0.2) is 9.97 Å². The summed E-state index contributed by atoms with van der Waals surface area (Å²) in [6.45, 7) is 21.0. The Morgan fingerprint density at radius 3 is 1.58 bits per heavy atom. The molecule has 0 spiro atoms. The summed E-state index contributed by atoms with van der Waals surface area (Å²) in [4.78, 5) is 23.7. The van der Waals surface area contributed by atoms with E-state index in [2.05, 4.69) is 85.6 Å². The van der Waals surface area contributed by atoms with Crippen LogP contribution >= 0.6 is 0 Å². The molecule has 7 rings (SSSR count). The fraction of sp³-hybridized carbons (Fsp3) is 0.524. The largest absolute Gasteiger partial charge is 0.355 e. The van der Waals surface area contributed by atoms with E-state index < -0.39 is 0 Å². The highest BCUT2D eigenvalue weighted by Crippen LogP contribution is 2.37. The zero-order valence-electron chi connectivity index (χ0n) is 30.4. The molecule has 2 saturated heterocycles. The zero-order chi connectivity index (χ0) is 33.4. The highest BCUT2D eigenvalue weighted by molar-refractivity contribution is 5.94. The minimum atomic E-state index is 0.962. The third kappa shape index (κ3) is 6.46. The molecule has 6 nitrogen and oxygen atoms in total. The normalized spacial score (nSPS) is 17.5. The Bertz CT molecular complexity index is 1910. The molecule has 48 heavy (non-hydrogen) atoms. The van der Waals surface area contributed by atoms with Crippen molar-refractivity contribution in [3.05, 3.63) is 69.3 Å². The predicted molar refractivity (Wildman–Crippen MR) is 204 cm³/mol. The molecule has 4 aliphatic rings. The summed E-state index contributed by atoms with van der Waals surface area (Å²) in [7, 11) is 0. The Hall–Kier alpha value is -3.48. The van der Waals surface area contributed by atoms with Crippen LogP contribution in [-0.4, -0.2) is 69.0 Å². The molecule has 0 unspecified atom stereocenters. The van der Waals surface area contributed by atoms with Gasteiger partial charge in [0.1, 0.15) is 0 Å². The standard InChI is InChI=1S/C42H56N6/c1-7-31-27(3)35-23-36-29(5)33(15-13-21-47-17-9-10-18-47)41(45-36)26-42-34(16-14-22-48-19-11-12-20-48)30(6)38(46-42)25-40-32(8-2)28(4)37(44-40)24-39(31)43-35/h23-26,43,46H,7-22H2,1-6H3. The summed E-state index contributed by atoms with van der Waals surface area (Å²) in [5.74, 6) is 0. The van der Waals surface area contributed by atoms with Crippen molar-refractivity contribution in [2.24, 2.45) is 0 Å². The highest BCUT2D eigenvalue weighted by atomic mass is 15.1. The molecule has 0 amide bonds. The van der Waals surface area contributed by atoms with Crippen LogP contribution in [0.15, 0.2) is 24.3 Å². The van der Waals surface area contributed by atoms with Crippen molar-refractivity contribution in [1.29, 1.82) is 0 Å². The number of allylic oxidation sites excluding steroid dienone is 4. The van der Waals surface area contributed by atoms with Crippen LogP contribution in [0.2, 0.25) is 0 Å². The van der Waals surface area contributed by atoms with Gasteiger partial charge < -0.3 is 19.8 Å². The van der Waals surface area contributed by atoms with Crippen LogP contribution in [0.5, 0.6) is 0 Å². The van der Waals surface area contributed by atoms with Gasteiger partial charge in [0.05, 0.1) is 22.8 Å². The van der Waals surface area contributed by atoms with Gasteiger partial charge in [-0.15, -0.1) is 0 Å². The summed E-state index contributed by atoms with van der Waals surface area (Å²) in [6, 6.07) is 9.28. The number of hydrogen-bond acceptors (Lipinski definition) is 4. The van der Waals surface area contributed by atoms with Crippen LogP contribution in [0.25, 0.3) is 44.4 Å². The van der Waals surface area contributed by atoms with Crippen LogP contribution in [0.1, 0.15) is 124 Å². The first-order valence-electron chi connectivity index (χ1n) is 18.9. The van der Waals surface area contributed by atoms with Gasteiger partial charge in [-0.3, -0.25) is 0 Å². The molecule has 2 fully saturated rings. The molecule has 7 heterocycles. The van der Waals surface area contributed by atoms with E-state index in [4.69, 9.17) is 9.97 Å². The van der Waals surface area contributed by atoms with Crippen molar-refractivity contribution in [3.63, 3.8) is 0 Å². The second-order valence-corrected chi connectivity index (χ2v) is 14.7. The molecule has 3 aromatic heterocycles. The second-order valence-electron chi connectivity index (χ2n) is 14.7. The van der Waals surface area contributed by atoms with Crippen molar-refractivity contribution in [2.75, 3.05) is 39.3 Å². The van der Waals surface area contributed by atoms with Gasteiger partial charge in [0, 0.05) is 22.1 Å². The van der Waals surface area contributed by atoms with E-state index in [9.17, 15) is 0 Å². The summed E-state index contributed by atoms with van der Waals surface area (Å²) in [6.07, 6.45) is 11.8. The van der Waals surface area contributed by atoms with Gasteiger partial charge in [0.2, 0.25) is 0 Å². The van der Waals surface area contributed by atoms with Crippen molar-refractivity contribution in [3.8, 4) is 0 Å². The van der Waals surface area contributed by atoms with Gasteiger partial charge in [-0.2, -0.15) is 0 Å². The second kappa shape index (κ2) is 14.2. The molecule has 0 aliphatic carbocycles. The fourth-order valence-electron chi connectivity index (χ4n) is 8.73. The smallest absolute Gasteiger partial charge is 0.0693 e. The lowest BCUT2D eigenvalue weighted by Crippen LogP contribution is -2.20. The number of hydrogen-bond donors (Lipinski definition) is 2. The number of nitrogens with one attached hydrogen (secondary N) is 2. The van der Waals surface area contributed by atoms with E-state index in [0.717, 1.165) is 54.0 Å². The number of rotatable bonds is 10. The van der Waals surface area contributed by atoms with Crippen LogP contribution < -0.4 is 0 Å². The molecule has 6 heteroatoms. The molecular weight excluding hydrogens is 589 g/mol. The quantitative estimate of drug-likeness (QED) is 0.231. The monoisotopic (exact) mass is 644 g/mol. The van der Waals surface area contributed by atoms with E-state index in [1.807, 2.05) is 0 Å². The van der Waals surface area contributed by atoms with Gasteiger partial charge in [-0.05, 0) is 200 Å². The van der Waals surface area contributed by atoms with E-state index >= 15 is 0 Å². The Kier molecular flexibility index (Phi) is 9.75. The molecule has 3 aromatic rings. The van der Waals surface area contributed by atoms with Crippen molar-refractivity contribution < 1.29 is 0 Å². The first-order chi connectivity index (χ1) is 23.3. The molecule has 0 aromatic carbocycles. The maximum absolute atomic E-state index is 5.41. The Balaban J connectivity index is 1.42. The lowest BCUT2D eigenvalue weighted by molar-refractivity contribution is 0.334. The van der Waals surface area contributed by atoms with E-state index in [1.165, 1.54) is 139 Å². The van der Waals surface area contributed by atoms with Crippen LogP contribution in [-0.2, 0) is 12.8 Å². The summed E-state index contributed by atoms with van der Waals surface area (Å²) < 4.78 is 0. The van der Waals surface area contributed by atoms with E-state index in [1.54, 1.807) is 0 Å². The number of fused-ring (bicyclic) bond motifs is 8. The molecule has 0 saturated carbocycles. The molecule has 8 bridgehead atoms. The maximum atomic E-state index is 5.41. The Morgan fingerprint density at radius 2 is 1.00 bits per heavy atom. The lowest BCUT2D eigenvalue weighted by Gasteiger charge is -2.14. The Morgan fingerprint density at radius 1 is 0.542 bits per heavy atom. The average Bonchev–Trinajstić information content (AvgIpc) is 3.93. The first kappa shape index (κ1) is 33.0. The maximum Gasteiger partial charge on any atom is 0.0693 e. The third-order valence-electron chi connectivity index (χ3n) is 11.7. The van der Waals surface area contributed by atoms with Crippen LogP contribution in [0, 0.1) is 13.8 Å². The summed E-state index contributed by atoms with van der Waals surface area (Å²) in [5.41, 5.74) is 19.9. The molecule has 254 valence electrons. The number of nitrogens with zero attached hydrogens (tertiary/aromatic N) is 4. The number of likely N-dealkylation sites (tertiary alicyclic amines) is 2. The molecule has 4 aliphatic heterocycles. The minimum absolute atomic E-state index is 0.962. The van der Waals surface area contributed by atoms with Gasteiger partial charge in [0.25, 0.3) is 0 Å². The van der Waals surface area contributed by atoms with Gasteiger partial charge >= 0.3 is 0 Å². The third-order valence-corrected chi connectivity index (χ3v) is 11.7. The van der Waals surface area contributed by atoms with Crippen molar-refractivity contribution in [1.82, 2.24) is 29.7 Å². The summed E-state index contributed by atoms with van der Waals surface area (Å²) in [5, 5.41) is 0. The van der Waals surface area contributed by atoms with Gasteiger partial charge in [-0.1, -0.05) is 13.8 Å². The first-order valence-corrected chi connectivity index (χ1v) is 18.9. The topological polar surface area (TPSA) is 63.8 Å². The molecular formula is C42H56N6. The number of aryl methyl sites for hydroxylation is 4. The van der Waals surface area contributed by atoms with Crippen molar-refractivity contribution >= 4 is 44.4 Å². The van der Waals surface area contributed by atoms with Gasteiger partial charge in [0.15, 0.2) is 0 Å². The van der Waals surface area contributed by atoms with Crippen LogP contribution in [0.4, 0.5) is 0 Å². The lowest BCUT2D eigenvalue weighted by atomic mass is 10.00. The predicted octanol–water partition coefficient (Wildman–Crippen LogP) is 9.67. The molecule has 0 radical (unpaired) electrons. The molecule has 0 atom stereocenters. The SMILES string of the molecule is CCC1=C(C)c2cc3[nH]c(cc4nc(cc5[nH]c(cc1n2)c(C)c5CCCN1CCCC1)C(CCCN1CCCC1)=C4C)c(C)c3CC. The highest BCUT2D eigenvalue weighted by Gasteiger charge is 2.21. The van der Waals surface area contributed by atoms with Crippen LogP contribution in [0.3, 0.4) is 0 Å². The van der Waals surface area contributed by atoms with E-state index in [-0.39, 0.29) is 0 Å². The number of H-pyrrole nitrogens is 2. The number of aromatic amines is 2. The minimum Gasteiger partial charge on any atom is -0.355 e. The van der Waals surface area contributed by atoms with E-state index in [0.29, 0.717) is 0 Å². The fourth-order valence-corrected chi connectivity index (χ4v) is 8.73. The summed E-state index contributed by atoms with van der Waals surface area (Å²) >= 11 is 0.